The largest absolute Gasteiger partial charge is 0.357 e. The molecule has 152 valence electrons. The summed E-state index contributed by atoms with van der Waals surface area (Å²) in [6, 6.07) is 20.2. The fraction of sp³-hybridized carbons (Fsp3) is 0.333. The van der Waals surface area contributed by atoms with Crippen LogP contribution in [0.4, 0.5) is 0 Å². The summed E-state index contributed by atoms with van der Waals surface area (Å²) < 4.78 is 0. The van der Waals surface area contributed by atoms with Crippen molar-refractivity contribution < 1.29 is 4.79 Å². The molecule has 0 saturated carbocycles. The summed E-state index contributed by atoms with van der Waals surface area (Å²) in [5.41, 5.74) is 1.10. The third-order valence-electron chi connectivity index (χ3n) is 3.69. The predicted octanol–water partition coefficient (Wildman–Crippen LogP) is 3.66. The first-order chi connectivity index (χ1) is 13.3. The van der Waals surface area contributed by atoms with Crippen molar-refractivity contribution in [2.45, 2.75) is 24.8 Å². The van der Waals surface area contributed by atoms with Crippen molar-refractivity contribution in [1.29, 1.82) is 0 Å². The van der Waals surface area contributed by atoms with E-state index in [0.29, 0.717) is 19.5 Å². The van der Waals surface area contributed by atoms with Crippen LogP contribution < -0.4 is 16.0 Å². The lowest BCUT2D eigenvalue weighted by molar-refractivity contribution is -0.121. The van der Waals surface area contributed by atoms with Gasteiger partial charge in [0.25, 0.3) is 0 Å². The molecule has 2 aromatic rings. The predicted molar refractivity (Wildman–Crippen MR) is 129 cm³/mol. The Morgan fingerprint density at radius 1 is 0.964 bits per heavy atom. The van der Waals surface area contributed by atoms with Gasteiger partial charge in [0.05, 0.1) is 6.54 Å². The van der Waals surface area contributed by atoms with Crippen LogP contribution in [0.15, 0.2) is 70.6 Å². The van der Waals surface area contributed by atoms with E-state index >= 15 is 0 Å². The first-order valence-electron chi connectivity index (χ1n) is 9.28. The smallest absolute Gasteiger partial charge is 0.222 e. The number of aliphatic imine (C=N–C) groups is 1. The Hall–Kier alpha value is -1.74. The van der Waals surface area contributed by atoms with E-state index < -0.39 is 0 Å². The van der Waals surface area contributed by atoms with Crippen LogP contribution in [0.1, 0.15) is 18.9 Å². The maximum Gasteiger partial charge on any atom is 0.222 e. The van der Waals surface area contributed by atoms with E-state index in [2.05, 4.69) is 33.1 Å². The minimum Gasteiger partial charge on any atom is -0.357 e. The molecule has 0 aliphatic heterocycles. The molecule has 28 heavy (non-hydrogen) atoms. The third-order valence-corrected chi connectivity index (χ3v) is 4.71. The maximum atomic E-state index is 11.9. The number of nitrogens with one attached hydrogen (secondary N) is 3. The van der Waals surface area contributed by atoms with Crippen molar-refractivity contribution in [2.24, 2.45) is 4.99 Å². The van der Waals surface area contributed by atoms with Crippen molar-refractivity contribution in [2.75, 3.05) is 25.4 Å². The monoisotopic (exact) mass is 512 g/mol. The zero-order valence-electron chi connectivity index (χ0n) is 16.2. The Bertz CT molecular complexity index is 698. The molecule has 0 fully saturated rings. The van der Waals surface area contributed by atoms with Crippen LogP contribution in [0, 0.1) is 0 Å². The Kier molecular flexibility index (Phi) is 13.2. The number of rotatable bonds is 10. The number of amides is 1. The van der Waals surface area contributed by atoms with E-state index in [1.807, 2.05) is 55.5 Å². The molecule has 0 atom stereocenters. The van der Waals surface area contributed by atoms with E-state index in [1.165, 1.54) is 4.90 Å². The highest BCUT2D eigenvalue weighted by atomic mass is 127. The van der Waals surface area contributed by atoms with Gasteiger partial charge in [0.1, 0.15) is 0 Å². The average molecular weight is 512 g/mol. The number of benzene rings is 2. The van der Waals surface area contributed by atoms with Crippen LogP contribution in [-0.2, 0) is 11.3 Å². The molecule has 5 nitrogen and oxygen atoms in total. The van der Waals surface area contributed by atoms with Crippen LogP contribution in [0.2, 0.25) is 0 Å². The highest BCUT2D eigenvalue weighted by molar-refractivity contribution is 14.0. The lowest BCUT2D eigenvalue weighted by Gasteiger charge is -2.11. The number of halogens is 1. The Balaban J connectivity index is 0.00000392. The standard InChI is InChI=1S/C21H28N4OS.HI/c1-2-22-21(24-15-16-27-19-11-7-4-8-12-19)23-14-13-20(26)25-17-18-9-5-3-6-10-18;/h3-12H,2,13-17H2,1H3,(H,25,26)(H2,22,23,24);1H. The van der Waals surface area contributed by atoms with Crippen molar-refractivity contribution >= 4 is 47.6 Å². The van der Waals surface area contributed by atoms with E-state index in [1.54, 1.807) is 11.8 Å². The Labute approximate surface area is 189 Å². The molecule has 0 bridgehead atoms. The van der Waals surface area contributed by atoms with Gasteiger partial charge in [0, 0.05) is 36.7 Å². The van der Waals surface area contributed by atoms with Gasteiger partial charge in [-0.1, -0.05) is 48.5 Å². The molecule has 0 heterocycles. The van der Waals surface area contributed by atoms with Gasteiger partial charge >= 0.3 is 0 Å². The Morgan fingerprint density at radius 2 is 1.64 bits per heavy atom. The summed E-state index contributed by atoms with van der Waals surface area (Å²) in [6.45, 7) is 4.64. The molecule has 2 rings (SSSR count). The second-order valence-electron chi connectivity index (χ2n) is 5.86. The van der Waals surface area contributed by atoms with Gasteiger partial charge in [-0.25, -0.2) is 0 Å². The fourth-order valence-electron chi connectivity index (χ4n) is 2.35. The number of carbonyl (C=O) groups excluding carboxylic acids is 1. The third kappa shape index (κ3) is 10.6. The molecule has 0 aromatic heterocycles. The van der Waals surface area contributed by atoms with Gasteiger partial charge in [-0.05, 0) is 24.6 Å². The number of nitrogens with zero attached hydrogens (tertiary/aromatic N) is 1. The van der Waals surface area contributed by atoms with Gasteiger partial charge in [0.15, 0.2) is 5.96 Å². The summed E-state index contributed by atoms with van der Waals surface area (Å²) in [5.74, 6) is 1.71. The summed E-state index contributed by atoms with van der Waals surface area (Å²) >= 11 is 1.80. The molecule has 7 heteroatoms. The minimum atomic E-state index is 0. The molecular weight excluding hydrogens is 483 g/mol. The molecule has 0 saturated heterocycles. The molecule has 0 radical (unpaired) electrons. The first kappa shape index (κ1) is 24.3. The average Bonchev–Trinajstić information content (AvgIpc) is 2.71. The highest BCUT2D eigenvalue weighted by Crippen LogP contribution is 2.15. The van der Waals surface area contributed by atoms with E-state index in [4.69, 9.17) is 0 Å². The van der Waals surface area contributed by atoms with E-state index in [0.717, 1.165) is 30.4 Å². The zero-order chi connectivity index (χ0) is 19.2. The lowest BCUT2D eigenvalue weighted by atomic mass is 10.2. The lowest BCUT2D eigenvalue weighted by Crippen LogP contribution is -2.38. The molecule has 0 aliphatic carbocycles. The van der Waals surface area contributed by atoms with E-state index in [-0.39, 0.29) is 29.9 Å². The Morgan fingerprint density at radius 3 is 2.32 bits per heavy atom. The van der Waals surface area contributed by atoms with Gasteiger partial charge in [-0.2, -0.15) is 0 Å². The highest BCUT2D eigenvalue weighted by Gasteiger charge is 2.02. The molecular formula is C21H29IN4OS. The summed E-state index contributed by atoms with van der Waals surface area (Å²) in [6.07, 6.45) is 0.377. The summed E-state index contributed by atoms with van der Waals surface area (Å²) in [4.78, 5) is 17.7. The SMILES string of the molecule is CCNC(=NCCC(=O)NCc1ccccc1)NCCSc1ccccc1.I. The second kappa shape index (κ2) is 15.2. The maximum absolute atomic E-state index is 11.9. The summed E-state index contributed by atoms with van der Waals surface area (Å²) in [5, 5.41) is 9.44. The van der Waals surface area contributed by atoms with Gasteiger partial charge in [-0.3, -0.25) is 9.79 Å². The van der Waals surface area contributed by atoms with Gasteiger partial charge in [-0.15, -0.1) is 35.7 Å². The zero-order valence-corrected chi connectivity index (χ0v) is 19.3. The minimum absolute atomic E-state index is 0. The number of guanidine groups is 1. The molecule has 3 N–H and O–H groups in total. The van der Waals surface area contributed by atoms with Crippen LogP contribution in [0.25, 0.3) is 0 Å². The number of thioether (sulfide) groups is 1. The van der Waals surface area contributed by atoms with Gasteiger partial charge < -0.3 is 16.0 Å². The van der Waals surface area contributed by atoms with Crippen LogP contribution in [0.5, 0.6) is 0 Å². The van der Waals surface area contributed by atoms with Crippen LogP contribution in [0.3, 0.4) is 0 Å². The normalized spacial score (nSPS) is 10.7. The molecule has 0 spiro atoms. The quantitative estimate of drug-likeness (QED) is 0.150. The van der Waals surface area contributed by atoms with Crippen LogP contribution >= 0.6 is 35.7 Å². The van der Waals surface area contributed by atoms with Crippen LogP contribution in [-0.4, -0.2) is 37.3 Å². The van der Waals surface area contributed by atoms with Gasteiger partial charge in [0.2, 0.25) is 5.91 Å². The molecule has 0 unspecified atom stereocenters. The number of hydrogen-bond acceptors (Lipinski definition) is 3. The molecule has 2 aromatic carbocycles. The van der Waals surface area contributed by atoms with Crippen molar-refractivity contribution in [3.63, 3.8) is 0 Å². The number of carbonyl (C=O) groups is 1. The van der Waals surface area contributed by atoms with Crippen molar-refractivity contribution in [3.8, 4) is 0 Å². The fourth-order valence-corrected chi connectivity index (χ4v) is 3.14. The topological polar surface area (TPSA) is 65.5 Å². The van der Waals surface area contributed by atoms with Crippen molar-refractivity contribution in [3.05, 3.63) is 66.2 Å². The second-order valence-corrected chi connectivity index (χ2v) is 7.03. The first-order valence-corrected chi connectivity index (χ1v) is 10.3. The van der Waals surface area contributed by atoms with E-state index in [9.17, 15) is 4.79 Å². The molecule has 0 aliphatic rings. The summed E-state index contributed by atoms with van der Waals surface area (Å²) in [7, 11) is 0. The molecule has 1 amide bonds. The van der Waals surface area contributed by atoms with Crippen molar-refractivity contribution in [1.82, 2.24) is 16.0 Å². The number of hydrogen-bond donors (Lipinski definition) is 3.